The Hall–Kier alpha value is -0.570. The maximum absolute atomic E-state index is 11.8. The van der Waals surface area contributed by atoms with Crippen LogP contribution in [0.25, 0.3) is 0 Å². The van der Waals surface area contributed by atoms with Crippen molar-refractivity contribution in [1.29, 1.82) is 0 Å². The fourth-order valence-corrected chi connectivity index (χ4v) is 1.78. The van der Waals surface area contributed by atoms with Crippen molar-refractivity contribution in [3.63, 3.8) is 0 Å². The van der Waals surface area contributed by atoms with Crippen LogP contribution in [0.3, 0.4) is 0 Å². The normalized spacial score (nSPS) is 25.6. The van der Waals surface area contributed by atoms with E-state index in [0.717, 1.165) is 25.9 Å². The number of hydrogen-bond acceptors (Lipinski definition) is 2. The summed E-state index contributed by atoms with van der Waals surface area (Å²) in [5.74, 6) is 0.926. The first-order valence-corrected chi connectivity index (χ1v) is 5.56. The SMILES string of the molecule is CC1CCCN(CC(N)C(C)C)C1=O. The van der Waals surface area contributed by atoms with Gasteiger partial charge in [0.05, 0.1) is 0 Å². The van der Waals surface area contributed by atoms with Crippen LogP contribution < -0.4 is 5.73 Å². The number of nitrogens with zero attached hydrogens (tertiary/aromatic N) is 1. The molecule has 1 amide bonds. The molecule has 0 bridgehead atoms. The molecule has 1 rings (SSSR count). The zero-order valence-corrected chi connectivity index (χ0v) is 9.49. The van der Waals surface area contributed by atoms with Gasteiger partial charge in [-0.05, 0) is 18.8 Å². The van der Waals surface area contributed by atoms with Crippen molar-refractivity contribution >= 4 is 5.91 Å². The quantitative estimate of drug-likeness (QED) is 0.741. The molecule has 0 aromatic heterocycles. The second kappa shape index (κ2) is 4.78. The molecule has 1 aliphatic rings. The minimum Gasteiger partial charge on any atom is -0.341 e. The van der Waals surface area contributed by atoms with E-state index in [4.69, 9.17) is 5.73 Å². The first-order valence-electron chi connectivity index (χ1n) is 5.56. The third-order valence-electron chi connectivity index (χ3n) is 3.09. The molecule has 1 heterocycles. The Morgan fingerprint density at radius 3 is 2.79 bits per heavy atom. The van der Waals surface area contributed by atoms with E-state index in [1.807, 2.05) is 11.8 Å². The third-order valence-corrected chi connectivity index (χ3v) is 3.09. The molecule has 14 heavy (non-hydrogen) atoms. The summed E-state index contributed by atoms with van der Waals surface area (Å²) >= 11 is 0. The van der Waals surface area contributed by atoms with Gasteiger partial charge in [0, 0.05) is 25.0 Å². The molecule has 2 atom stereocenters. The van der Waals surface area contributed by atoms with Gasteiger partial charge in [0.15, 0.2) is 0 Å². The van der Waals surface area contributed by atoms with E-state index < -0.39 is 0 Å². The molecular formula is C11H22N2O. The predicted octanol–water partition coefficient (Wildman–Crippen LogP) is 1.23. The Labute approximate surface area is 86.6 Å². The van der Waals surface area contributed by atoms with E-state index in [1.54, 1.807) is 0 Å². The van der Waals surface area contributed by atoms with Crippen LogP contribution in [0.4, 0.5) is 0 Å². The van der Waals surface area contributed by atoms with Gasteiger partial charge in [0.2, 0.25) is 5.91 Å². The summed E-state index contributed by atoms with van der Waals surface area (Å²) in [5.41, 5.74) is 5.96. The van der Waals surface area contributed by atoms with E-state index in [9.17, 15) is 4.79 Å². The molecule has 0 spiro atoms. The van der Waals surface area contributed by atoms with Crippen molar-refractivity contribution in [3.05, 3.63) is 0 Å². The van der Waals surface area contributed by atoms with Crippen molar-refractivity contribution in [3.8, 4) is 0 Å². The van der Waals surface area contributed by atoms with Crippen LogP contribution in [0, 0.1) is 11.8 Å². The highest BCUT2D eigenvalue weighted by atomic mass is 16.2. The highest BCUT2D eigenvalue weighted by Gasteiger charge is 2.26. The summed E-state index contributed by atoms with van der Waals surface area (Å²) in [6.45, 7) is 7.82. The number of piperidine rings is 1. The van der Waals surface area contributed by atoms with Crippen molar-refractivity contribution in [2.24, 2.45) is 17.6 Å². The monoisotopic (exact) mass is 198 g/mol. The molecule has 1 saturated heterocycles. The fraction of sp³-hybridized carbons (Fsp3) is 0.909. The first kappa shape index (κ1) is 11.5. The van der Waals surface area contributed by atoms with E-state index in [2.05, 4.69) is 13.8 Å². The minimum atomic E-state index is 0.115. The van der Waals surface area contributed by atoms with Crippen LogP contribution in [0.15, 0.2) is 0 Å². The first-order chi connectivity index (χ1) is 6.52. The molecule has 2 unspecified atom stereocenters. The Balaban J connectivity index is 2.47. The van der Waals surface area contributed by atoms with Crippen LogP contribution in [0.5, 0.6) is 0 Å². The second-order valence-corrected chi connectivity index (χ2v) is 4.74. The van der Waals surface area contributed by atoms with Gasteiger partial charge in [-0.25, -0.2) is 0 Å². The lowest BCUT2D eigenvalue weighted by Gasteiger charge is -2.33. The summed E-state index contributed by atoms with van der Waals surface area (Å²) in [6, 6.07) is 0.115. The molecule has 0 aromatic carbocycles. The van der Waals surface area contributed by atoms with Crippen molar-refractivity contribution < 1.29 is 4.79 Å². The molecule has 3 nitrogen and oxygen atoms in total. The van der Waals surface area contributed by atoms with Gasteiger partial charge in [-0.15, -0.1) is 0 Å². The van der Waals surface area contributed by atoms with Crippen LogP contribution in [-0.4, -0.2) is 29.9 Å². The molecule has 0 radical (unpaired) electrons. The number of rotatable bonds is 3. The lowest BCUT2D eigenvalue weighted by Crippen LogP contribution is -2.47. The number of hydrogen-bond donors (Lipinski definition) is 1. The van der Waals surface area contributed by atoms with Gasteiger partial charge in [-0.2, -0.15) is 0 Å². The summed E-state index contributed by atoms with van der Waals surface area (Å²) in [7, 11) is 0. The zero-order chi connectivity index (χ0) is 10.7. The van der Waals surface area contributed by atoms with Gasteiger partial charge in [-0.3, -0.25) is 4.79 Å². The van der Waals surface area contributed by atoms with Crippen molar-refractivity contribution in [2.75, 3.05) is 13.1 Å². The summed E-state index contributed by atoms with van der Waals surface area (Å²) in [5, 5.41) is 0. The van der Waals surface area contributed by atoms with Crippen LogP contribution in [-0.2, 0) is 4.79 Å². The lowest BCUT2D eigenvalue weighted by atomic mass is 9.97. The Bertz CT molecular complexity index is 203. The zero-order valence-electron chi connectivity index (χ0n) is 9.49. The third kappa shape index (κ3) is 2.71. The Kier molecular flexibility index (Phi) is 3.93. The minimum absolute atomic E-state index is 0.115. The average Bonchev–Trinajstić information content (AvgIpc) is 2.12. The van der Waals surface area contributed by atoms with Crippen LogP contribution in [0.2, 0.25) is 0 Å². The van der Waals surface area contributed by atoms with Gasteiger partial charge >= 0.3 is 0 Å². The summed E-state index contributed by atoms with van der Waals surface area (Å²) < 4.78 is 0. The second-order valence-electron chi connectivity index (χ2n) is 4.74. The Morgan fingerprint density at radius 1 is 1.57 bits per heavy atom. The molecule has 0 aromatic rings. The van der Waals surface area contributed by atoms with Gasteiger partial charge in [-0.1, -0.05) is 20.8 Å². The topological polar surface area (TPSA) is 46.3 Å². The average molecular weight is 198 g/mol. The molecule has 0 saturated carbocycles. The van der Waals surface area contributed by atoms with Gasteiger partial charge in [0.1, 0.15) is 0 Å². The van der Waals surface area contributed by atoms with E-state index in [1.165, 1.54) is 0 Å². The predicted molar refractivity (Wildman–Crippen MR) is 57.8 cm³/mol. The number of carbonyl (C=O) groups excluding carboxylic acids is 1. The smallest absolute Gasteiger partial charge is 0.225 e. The highest BCUT2D eigenvalue weighted by molar-refractivity contribution is 5.79. The largest absolute Gasteiger partial charge is 0.341 e. The lowest BCUT2D eigenvalue weighted by molar-refractivity contribution is -0.138. The number of amides is 1. The van der Waals surface area contributed by atoms with Crippen molar-refractivity contribution in [2.45, 2.75) is 39.7 Å². The van der Waals surface area contributed by atoms with E-state index >= 15 is 0 Å². The molecular weight excluding hydrogens is 176 g/mol. The molecule has 3 heteroatoms. The molecule has 1 aliphatic heterocycles. The van der Waals surface area contributed by atoms with Gasteiger partial charge in [0.25, 0.3) is 0 Å². The van der Waals surface area contributed by atoms with Crippen LogP contribution >= 0.6 is 0 Å². The van der Waals surface area contributed by atoms with E-state index in [-0.39, 0.29) is 17.9 Å². The summed E-state index contributed by atoms with van der Waals surface area (Å²) in [6.07, 6.45) is 2.16. The van der Waals surface area contributed by atoms with Gasteiger partial charge < -0.3 is 10.6 Å². The number of carbonyl (C=O) groups is 1. The number of likely N-dealkylation sites (tertiary alicyclic amines) is 1. The molecule has 82 valence electrons. The number of nitrogens with two attached hydrogens (primary N) is 1. The Morgan fingerprint density at radius 2 is 2.21 bits per heavy atom. The maximum Gasteiger partial charge on any atom is 0.225 e. The molecule has 0 aliphatic carbocycles. The van der Waals surface area contributed by atoms with E-state index in [0.29, 0.717) is 5.92 Å². The molecule has 2 N–H and O–H groups in total. The molecule has 1 fully saturated rings. The van der Waals surface area contributed by atoms with Crippen LogP contribution in [0.1, 0.15) is 33.6 Å². The van der Waals surface area contributed by atoms with Crippen molar-refractivity contribution in [1.82, 2.24) is 4.90 Å². The summed E-state index contributed by atoms with van der Waals surface area (Å²) in [4.78, 5) is 13.7. The fourth-order valence-electron chi connectivity index (χ4n) is 1.78. The highest BCUT2D eigenvalue weighted by Crippen LogP contribution is 2.17. The maximum atomic E-state index is 11.8. The standard InChI is InChI=1S/C11H22N2O/c1-8(2)10(12)7-13-6-4-5-9(3)11(13)14/h8-10H,4-7,12H2,1-3H3.